The molecule has 1 aliphatic carbocycles. The van der Waals surface area contributed by atoms with Crippen LogP contribution in [0, 0.1) is 11.3 Å². The van der Waals surface area contributed by atoms with Crippen LogP contribution in [0.2, 0.25) is 0 Å². The molecule has 2 unspecified atom stereocenters. The Balaban J connectivity index is 2.53. The van der Waals surface area contributed by atoms with Crippen molar-refractivity contribution in [2.24, 2.45) is 11.3 Å². The summed E-state index contributed by atoms with van der Waals surface area (Å²) >= 11 is 0. The van der Waals surface area contributed by atoms with E-state index >= 15 is 0 Å². The minimum atomic E-state index is -1.16. The van der Waals surface area contributed by atoms with Crippen LogP contribution in [0.15, 0.2) is 24.8 Å². The molecule has 6 nitrogen and oxygen atoms in total. The van der Waals surface area contributed by atoms with Gasteiger partial charge in [0.1, 0.15) is 13.2 Å². The molecule has 0 heterocycles. The van der Waals surface area contributed by atoms with E-state index in [2.05, 4.69) is 11.3 Å². The molecule has 0 spiro atoms. The Hall–Kier alpha value is -2.11. The van der Waals surface area contributed by atoms with Crippen molar-refractivity contribution < 1.29 is 29.0 Å². The summed E-state index contributed by atoms with van der Waals surface area (Å²) in [6.07, 6.45) is 5.15. The molecule has 110 valence electrons. The summed E-state index contributed by atoms with van der Waals surface area (Å²) in [5.41, 5.74) is -1.16. The predicted molar refractivity (Wildman–Crippen MR) is 69.7 cm³/mol. The molecule has 1 N–H and O–H groups in total. The molecular formula is C14H18O6. The Morgan fingerprint density at radius 3 is 2.60 bits per heavy atom. The summed E-state index contributed by atoms with van der Waals surface area (Å²) in [4.78, 5) is 34.1. The number of carboxylic acids is 1. The van der Waals surface area contributed by atoms with Gasteiger partial charge in [0.05, 0.1) is 11.3 Å². The number of aliphatic carboxylic acids is 1. The predicted octanol–water partition coefficient (Wildman–Crippen LogP) is 1.32. The molecule has 0 aromatic carbocycles. The second-order valence-electron chi connectivity index (χ2n) is 4.73. The van der Waals surface area contributed by atoms with Gasteiger partial charge in [-0.1, -0.05) is 18.7 Å². The maximum absolute atomic E-state index is 12.0. The van der Waals surface area contributed by atoms with Crippen molar-refractivity contribution in [3.63, 3.8) is 0 Å². The fourth-order valence-corrected chi connectivity index (χ4v) is 2.00. The minimum Gasteiger partial charge on any atom is -0.481 e. The van der Waals surface area contributed by atoms with E-state index in [4.69, 9.17) is 4.74 Å². The van der Waals surface area contributed by atoms with Crippen LogP contribution in [-0.2, 0) is 23.9 Å². The first-order valence-corrected chi connectivity index (χ1v) is 6.26. The zero-order valence-corrected chi connectivity index (χ0v) is 11.3. The number of hydrogen-bond acceptors (Lipinski definition) is 5. The van der Waals surface area contributed by atoms with Crippen LogP contribution in [0.3, 0.4) is 0 Å². The monoisotopic (exact) mass is 282 g/mol. The molecule has 2 atom stereocenters. The summed E-state index contributed by atoms with van der Waals surface area (Å²) in [7, 11) is 0. The van der Waals surface area contributed by atoms with Crippen LogP contribution in [0.5, 0.6) is 0 Å². The van der Waals surface area contributed by atoms with Crippen molar-refractivity contribution in [2.75, 3.05) is 13.2 Å². The van der Waals surface area contributed by atoms with Gasteiger partial charge in [0.25, 0.3) is 0 Å². The Labute approximate surface area is 117 Å². The first-order chi connectivity index (χ1) is 9.41. The Kier molecular flexibility index (Phi) is 5.49. The molecule has 0 fully saturated rings. The lowest BCUT2D eigenvalue weighted by Crippen LogP contribution is -2.42. The lowest BCUT2D eigenvalue weighted by Gasteiger charge is -2.33. The van der Waals surface area contributed by atoms with E-state index in [1.54, 1.807) is 12.2 Å². The average molecular weight is 282 g/mol. The SMILES string of the molecule is C=CC(=O)OCCOC(=O)C1CC=CCC1(C)C(=O)O. The Bertz CT molecular complexity index is 439. The maximum Gasteiger partial charge on any atom is 0.330 e. The highest BCUT2D eigenvalue weighted by molar-refractivity contribution is 5.84. The van der Waals surface area contributed by atoms with Gasteiger partial charge in [-0.15, -0.1) is 0 Å². The molecule has 6 heteroatoms. The molecule has 0 aromatic heterocycles. The van der Waals surface area contributed by atoms with E-state index in [1.165, 1.54) is 6.92 Å². The Morgan fingerprint density at radius 1 is 1.35 bits per heavy atom. The molecule has 20 heavy (non-hydrogen) atoms. The summed E-state index contributed by atoms with van der Waals surface area (Å²) in [6, 6.07) is 0. The van der Waals surface area contributed by atoms with E-state index in [0.29, 0.717) is 6.42 Å². The van der Waals surface area contributed by atoms with Crippen LogP contribution >= 0.6 is 0 Å². The normalized spacial score (nSPS) is 24.8. The number of carbonyl (C=O) groups excluding carboxylic acids is 2. The number of allylic oxidation sites excluding steroid dienone is 2. The first kappa shape index (κ1) is 15.9. The number of carbonyl (C=O) groups is 3. The second-order valence-corrected chi connectivity index (χ2v) is 4.73. The second kappa shape index (κ2) is 6.88. The third-order valence-electron chi connectivity index (χ3n) is 3.36. The van der Waals surface area contributed by atoms with E-state index < -0.39 is 29.2 Å². The molecule has 0 aliphatic heterocycles. The summed E-state index contributed by atoms with van der Waals surface area (Å²) in [5.74, 6) is -2.95. The van der Waals surface area contributed by atoms with Crippen LogP contribution in [0.25, 0.3) is 0 Å². The molecule has 0 saturated heterocycles. The highest BCUT2D eigenvalue weighted by Crippen LogP contribution is 2.38. The number of ether oxygens (including phenoxy) is 2. The van der Waals surface area contributed by atoms with E-state index in [0.717, 1.165) is 6.08 Å². The van der Waals surface area contributed by atoms with Crippen LogP contribution in [0.4, 0.5) is 0 Å². The molecular weight excluding hydrogens is 264 g/mol. The number of carboxylic acid groups (broad SMARTS) is 1. The van der Waals surface area contributed by atoms with Crippen molar-refractivity contribution in [3.8, 4) is 0 Å². The van der Waals surface area contributed by atoms with Crippen molar-refractivity contribution in [3.05, 3.63) is 24.8 Å². The average Bonchev–Trinajstić information content (AvgIpc) is 2.43. The summed E-state index contributed by atoms with van der Waals surface area (Å²) < 4.78 is 9.64. The van der Waals surface area contributed by atoms with Crippen LogP contribution in [-0.4, -0.2) is 36.2 Å². The van der Waals surface area contributed by atoms with Crippen LogP contribution in [0.1, 0.15) is 19.8 Å². The lowest BCUT2D eigenvalue weighted by atomic mass is 9.70. The highest BCUT2D eigenvalue weighted by atomic mass is 16.6. The number of hydrogen-bond donors (Lipinski definition) is 1. The quantitative estimate of drug-likeness (QED) is 0.342. The highest BCUT2D eigenvalue weighted by Gasteiger charge is 2.46. The lowest BCUT2D eigenvalue weighted by molar-refractivity contribution is -0.166. The van der Waals surface area contributed by atoms with Gasteiger partial charge >= 0.3 is 17.9 Å². The molecule has 0 amide bonds. The van der Waals surface area contributed by atoms with Gasteiger partial charge in [0.2, 0.25) is 0 Å². The summed E-state index contributed by atoms with van der Waals surface area (Å²) in [6.45, 7) is 4.58. The van der Waals surface area contributed by atoms with Gasteiger partial charge in [-0.25, -0.2) is 4.79 Å². The number of esters is 2. The van der Waals surface area contributed by atoms with Crippen molar-refractivity contribution in [1.82, 2.24) is 0 Å². The van der Waals surface area contributed by atoms with Gasteiger partial charge < -0.3 is 14.6 Å². The number of rotatable bonds is 6. The van der Waals surface area contributed by atoms with Crippen molar-refractivity contribution >= 4 is 17.9 Å². The first-order valence-electron chi connectivity index (χ1n) is 6.26. The van der Waals surface area contributed by atoms with Gasteiger partial charge in [-0.05, 0) is 19.8 Å². The fourth-order valence-electron chi connectivity index (χ4n) is 2.00. The van der Waals surface area contributed by atoms with Crippen molar-refractivity contribution in [1.29, 1.82) is 0 Å². The molecule has 1 aliphatic rings. The third kappa shape index (κ3) is 3.69. The standard InChI is InChI=1S/C14H18O6/c1-3-11(15)19-8-9-20-12(16)10-6-4-5-7-14(10,2)13(17)18/h3-5,10H,1,6-9H2,2H3,(H,17,18). The van der Waals surface area contributed by atoms with Crippen molar-refractivity contribution in [2.45, 2.75) is 19.8 Å². The largest absolute Gasteiger partial charge is 0.481 e. The molecule has 0 saturated carbocycles. The van der Waals surface area contributed by atoms with Gasteiger partial charge in [-0.2, -0.15) is 0 Å². The van der Waals surface area contributed by atoms with E-state index in [-0.39, 0.29) is 19.6 Å². The molecule has 0 radical (unpaired) electrons. The summed E-state index contributed by atoms with van der Waals surface area (Å²) in [5, 5.41) is 9.27. The molecule has 1 rings (SSSR count). The maximum atomic E-state index is 12.0. The van der Waals surface area contributed by atoms with E-state index in [9.17, 15) is 19.5 Å². The Morgan fingerprint density at radius 2 is 2.00 bits per heavy atom. The fraction of sp³-hybridized carbons (Fsp3) is 0.500. The molecule has 0 bridgehead atoms. The van der Waals surface area contributed by atoms with E-state index in [1.807, 2.05) is 0 Å². The van der Waals surface area contributed by atoms with Crippen LogP contribution < -0.4 is 0 Å². The zero-order valence-electron chi connectivity index (χ0n) is 11.3. The smallest absolute Gasteiger partial charge is 0.330 e. The third-order valence-corrected chi connectivity index (χ3v) is 3.36. The van der Waals surface area contributed by atoms with Gasteiger partial charge in [0, 0.05) is 6.08 Å². The topological polar surface area (TPSA) is 89.9 Å². The minimum absolute atomic E-state index is 0.0804. The zero-order chi connectivity index (χ0) is 15.2. The molecule has 0 aromatic rings. The van der Waals surface area contributed by atoms with Gasteiger partial charge in [0.15, 0.2) is 0 Å². The van der Waals surface area contributed by atoms with Gasteiger partial charge in [-0.3, -0.25) is 9.59 Å².